The van der Waals surface area contributed by atoms with Gasteiger partial charge in [-0.2, -0.15) is 0 Å². The van der Waals surface area contributed by atoms with Crippen LogP contribution in [0.4, 0.5) is 0 Å². The molecule has 0 saturated heterocycles. The van der Waals surface area contributed by atoms with Gasteiger partial charge in [-0.3, -0.25) is 0 Å². The van der Waals surface area contributed by atoms with Gasteiger partial charge >= 0.3 is 0 Å². The minimum absolute atomic E-state index is 0.965. The molecule has 0 spiro atoms. The summed E-state index contributed by atoms with van der Waals surface area (Å²) in [7, 11) is -2.44. The fourth-order valence-electron chi connectivity index (χ4n) is 8.54. The molecular weight excluding hydrogens is 605 g/mol. The summed E-state index contributed by atoms with van der Waals surface area (Å²) in [6.45, 7) is 9.75. The molecule has 6 aromatic rings. The van der Waals surface area contributed by atoms with Gasteiger partial charge in [0.05, 0.1) is 0 Å². The first-order chi connectivity index (χ1) is 24.0. The minimum atomic E-state index is -2.44. The van der Waals surface area contributed by atoms with Crippen molar-refractivity contribution >= 4 is 29.6 Å². The van der Waals surface area contributed by atoms with E-state index >= 15 is 0 Å². The maximum Gasteiger partial charge on any atom is 0.114 e. The summed E-state index contributed by atoms with van der Waals surface area (Å²) in [6.07, 6.45) is 4.03. The normalized spacial score (nSPS) is 14.0. The largest absolute Gasteiger partial charge is 0.114 e. The average molecular weight is 649 g/mol. The highest BCUT2D eigenvalue weighted by Crippen LogP contribution is 2.55. The van der Waals surface area contributed by atoms with Gasteiger partial charge in [0, 0.05) is 0 Å². The van der Waals surface area contributed by atoms with E-state index in [1.807, 2.05) is 0 Å². The Kier molecular flexibility index (Phi) is 8.18. The van der Waals surface area contributed by atoms with Crippen LogP contribution >= 0.6 is 0 Å². The number of aryl methyl sites for hydroxylation is 2. The third-order valence-electron chi connectivity index (χ3n) is 11.0. The van der Waals surface area contributed by atoms with E-state index in [-0.39, 0.29) is 0 Å². The Morgan fingerprint density at radius 3 is 1.16 bits per heavy atom. The van der Waals surface area contributed by atoms with Crippen molar-refractivity contribution < 1.29 is 0 Å². The highest BCUT2D eigenvalue weighted by molar-refractivity contribution is 7.10. The molecule has 0 N–H and O–H groups in total. The molecule has 1 heteroatoms. The zero-order valence-electron chi connectivity index (χ0n) is 29.2. The molecule has 0 radical (unpaired) electrons. The first-order valence-corrected chi connectivity index (χ1v) is 21.0. The minimum Gasteiger partial charge on any atom is -0.0622 e. The van der Waals surface area contributed by atoms with Crippen LogP contribution in [0, 0.1) is 0 Å². The van der Waals surface area contributed by atoms with E-state index < -0.39 is 8.07 Å². The van der Waals surface area contributed by atoms with Crippen molar-refractivity contribution in [2.24, 2.45) is 0 Å². The molecule has 8 rings (SSSR count). The fraction of sp³-hybridized carbons (Fsp3) is 0.167. The van der Waals surface area contributed by atoms with Crippen LogP contribution in [0.15, 0.2) is 146 Å². The van der Waals surface area contributed by atoms with Crippen molar-refractivity contribution in [3.05, 3.63) is 190 Å². The van der Waals surface area contributed by atoms with Crippen LogP contribution in [0.3, 0.4) is 0 Å². The number of rotatable bonds is 8. The maximum atomic E-state index is 2.64. The van der Waals surface area contributed by atoms with Crippen molar-refractivity contribution in [2.45, 2.75) is 52.6 Å². The van der Waals surface area contributed by atoms with Gasteiger partial charge in [-0.1, -0.05) is 173 Å². The smallest absolute Gasteiger partial charge is 0.0622 e. The molecule has 0 saturated carbocycles. The molecule has 0 bridgehead atoms. The Morgan fingerprint density at radius 2 is 0.796 bits per heavy atom. The topological polar surface area (TPSA) is 0 Å². The van der Waals surface area contributed by atoms with E-state index in [2.05, 4.69) is 173 Å². The van der Waals surface area contributed by atoms with Gasteiger partial charge in [-0.15, -0.1) is 0 Å². The maximum absolute atomic E-state index is 2.64. The summed E-state index contributed by atoms with van der Waals surface area (Å²) >= 11 is 0. The zero-order chi connectivity index (χ0) is 33.5. The molecule has 6 aromatic carbocycles. The summed E-state index contributed by atoms with van der Waals surface area (Å²) in [4.78, 5) is 0. The Labute approximate surface area is 293 Å². The van der Waals surface area contributed by atoms with E-state index in [1.165, 1.54) is 77.9 Å². The molecule has 0 aliphatic heterocycles. The van der Waals surface area contributed by atoms with Crippen LogP contribution in [0.1, 0.15) is 58.4 Å². The van der Waals surface area contributed by atoms with E-state index in [0.717, 1.165) is 25.7 Å². The van der Waals surface area contributed by atoms with Crippen LogP contribution in [-0.4, -0.2) is 8.07 Å². The lowest BCUT2D eigenvalue weighted by molar-refractivity contribution is 1.14. The van der Waals surface area contributed by atoms with E-state index in [9.17, 15) is 0 Å². The second-order valence-corrected chi connectivity index (χ2v) is 18.4. The summed E-state index contributed by atoms with van der Waals surface area (Å²) in [6, 6.07) is 55.1. The number of fused-ring (bicyclic) bond motifs is 2. The number of benzene rings is 6. The van der Waals surface area contributed by atoms with Gasteiger partial charge in [-0.25, -0.2) is 0 Å². The Morgan fingerprint density at radius 1 is 0.408 bits per heavy atom. The molecule has 0 fully saturated rings. The Bertz CT molecular complexity index is 2050. The highest BCUT2D eigenvalue weighted by atomic mass is 28.3. The molecule has 2 aliphatic rings. The van der Waals surface area contributed by atoms with Crippen molar-refractivity contribution in [1.29, 1.82) is 0 Å². The van der Waals surface area contributed by atoms with Crippen LogP contribution < -0.4 is 0 Å². The first kappa shape index (κ1) is 31.3. The molecule has 49 heavy (non-hydrogen) atoms. The zero-order valence-corrected chi connectivity index (χ0v) is 30.2. The monoisotopic (exact) mass is 648 g/mol. The number of hydrogen-bond donors (Lipinski definition) is 0. The van der Waals surface area contributed by atoms with Gasteiger partial charge in [0.2, 0.25) is 0 Å². The molecule has 0 heterocycles. The fourth-order valence-corrected chi connectivity index (χ4v) is 12.6. The number of hydrogen-bond acceptors (Lipinski definition) is 0. The summed E-state index contributed by atoms with van der Waals surface area (Å²) in [5.74, 6) is 0. The SMILES string of the molecule is CCc1ccc(-c2cccc3c2C([Si](C)(C)C2=C(c4ccccc4)Cc4cccc(-c5ccc(CC)cc5)c42)=C(c2ccccc2)C3)cc1. The van der Waals surface area contributed by atoms with Crippen LogP contribution in [-0.2, 0) is 25.7 Å². The molecule has 0 aromatic heterocycles. The van der Waals surface area contributed by atoms with Crippen LogP contribution in [0.2, 0.25) is 13.1 Å². The molecule has 240 valence electrons. The molecule has 2 aliphatic carbocycles. The Hall–Kier alpha value is -4.98. The van der Waals surface area contributed by atoms with Crippen molar-refractivity contribution in [3.63, 3.8) is 0 Å². The second kappa shape index (κ2) is 12.8. The molecule has 0 unspecified atom stereocenters. The van der Waals surface area contributed by atoms with Gasteiger partial charge in [0.1, 0.15) is 8.07 Å². The summed E-state index contributed by atoms with van der Waals surface area (Å²) in [5.41, 5.74) is 19.7. The lowest BCUT2D eigenvalue weighted by Gasteiger charge is -2.33. The predicted octanol–water partition coefficient (Wildman–Crippen LogP) is 12.6. The van der Waals surface area contributed by atoms with Crippen LogP contribution in [0.25, 0.3) is 43.8 Å². The summed E-state index contributed by atoms with van der Waals surface area (Å²) in [5, 5.41) is 3.19. The summed E-state index contributed by atoms with van der Waals surface area (Å²) < 4.78 is 0. The molecule has 0 atom stereocenters. The number of allylic oxidation sites excluding steroid dienone is 2. The second-order valence-electron chi connectivity index (χ2n) is 14.2. The van der Waals surface area contributed by atoms with Gasteiger partial charge < -0.3 is 0 Å². The van der Waals surface area contributed by atoms with Crippen LogP contribution in [0.5, 0.6) is 0 Å². The van der Waals surface area contributed by atoms with E-state index in [1.54, 1.807) is 10.4 Å². The lowest BCUT2D eigenvalue weighted by atomic mass is 9.96. The third-order valence-corrected chi connectivity index (χ3v) is 14.6. The Balaban J connectivity index is 1.42. The van der Waals surface area contributed by atoms with Gasteiger partial charge in [0.25, 0.3) is 0 Å². The van der Waals surface area contributed by atoms with E-state index in [0.29, 0.717) is 0 Å². The predicted molar refractivity (Wildman–Crippen MR) is 214 cm³/mol. The third kappa shape index (κ3) is 5.47. The quantitative estimate of drug-likeness (QED) is 0.144. The van der Waals surface area contributed by atoms with Crippen molar-refractivity contribution in [1.82, 2.24) is 0 Å². The van der Waals surface area contributed by atoms with Gasteiger partial charge in [0.15, 0.2) is 0 Å². The van der Waals surface area contributed by atoms with Crippen molar-refractivity contribution in [3.8, 4) is 22.3 Å². The van der Waals surface area contributed by atoms with Gasteiger partial charge in [-0.05, 0) is 114 Å². The highest BCUT2D eigenvalue weighted by Gasteiger charge is 2.44. The van der Waals surface area contributed by atoms with E-state index in [4.69, 9.17) is 0 Å². The molecular formula is C48H44Si. The average Bonchev–Trinajstić information content (AvgIpc) is 3.77. The lowest BCUT2D eigenvalue weighted by Crippen LogP contribution is -2.31. The van der Waals surface area contributed by atoms with Crippen molar-refractivity contribution in [2.75, 3.05) is 0 Å². The molecule has 0 nitrogen and oxygen atoms in total. The molecule has 0 amide bonds. The standard InChI is InChI=1S/C48H44Si/c1-5-33-23-27-37(28-24-33)41-21-13-19-39-31-43(35-15-9-7-10-16-35)47(45(39)41)49(3,4)48-44(36-17-11-8-12-18-36)32-40-20-14-22-42(46(40)48)38-29-25-34(6-2)26-30-38/h7-30H,5-6,31-32H2,1-4H3. The first-order valence-electron chi connectivity index (χ1n) is 18.0.